The van der Waals surface area contributed by atoms with Crippen LogP contribution in [-0.2, 0) is 32.2 Å². The van der Waals surface area contributed by atoms with E-state index in [4.69, 9.17) is 9.72 Å². The minimum absolute atomic E-state index is 0.674. The first kappa shape index (κ1) is 27.4. The van der Waals surface area contributed by atoms with Gasteiger partial charge in [0.05, 0.1) is 56.0 Å². The molecule has 13 heteroatoms. The number of nitrogens with one attached hydrogen (secondary N) is 1. The summed E-state index contributed by atoms with van der Waals surface area (Å²) in [6.07, 6.45) is 14.0. The van der Waals surface area contributed by atoms with Crippen molar-refractivity contribution in [3.05, 3.63) is 122 Å². The van der Waals surface area contributed by atoms with Crippen LogP contribution in [0.2, 0.25) is 0 Å². The second-order valence-electron chi connectivity index (χ2n) is 10.6. The summed E-state index contributed by atoms with van der Waals surface area (Å²) >= 11 is 3.49. The van der Waals surface area contributed by atoms with Gasteiger partial charge in [-0.3, -0.25) is 9.78 Å². The number of rotatable bonds is 7. The number of aromatic amines is 1. The molecule has 7 aromatic rings. The molecule has 1 aromatic carbocycles. The molecule has 9 rings (SSSR count). The van der Waals surface area contributed by atoms with Gasteiger partial charge in [0.1, 0.15) is 27.4 Å². The van der Waals surface area contributed by atoms with Crippen LogP contribution in [-0.4, -0.2) is 57.0 Å². The Balaban J connectivity index is 0.000000144. The van der Waals surface area contributed by atoms with E-state index in [-0.39, 0.29) is 0 Å². The van der Waals surface area contributed by atoms with Crippen molar-refractivity contribution >= 4 is 22.7 Å². The Kier molecular flexibility index (Phi) is 7.16. The molecule has 0 radical (unpaired) electrons. The maximum atomic E-state index is 5.23. The number of methoxy groups -OCH3 is 1. The van der Waals surface area contributed by atoms with Crippen molar-refractivity contribution < 1.29 is 4.74 Å². The maximum absolute atomic E-state index is 5.23. The highest BCUT2D eigenvalue weighted by atomic mass is 32.1. The molecular weight excluding hydrogens is 605 g/mol. The lowest BCUT2D eigenvalue weighted by Crippen LogP contribution is -2.05. The molecule has 0 saturated carbocycles. The van der Waals surface area contributed by atoms with E-state index >= 15 is 0 Å². The predicted molar refractivity (Wildman–Crippen MR) is 170 cm³/mol. The molecule has 222 valence electrons. The average Bonchev–Trinajstić information content (AvgIpc) is 3.91. The SMILES string of the molecule is COc1ccc(Cn2ncc3c2Cc2sc(Cc4ncccn4)nc2-3)cc1.c1cnc(Cc2nc3c(s2)Cc2[nH]ncc2-3)nc1. The Morgan fingerprint density at radius 2 is 1.40 bits per heavy atom. The smallest absolute Gasteiger partial charge is 0.134 e. The van der Waals surface area contributed by atoms with Crippen LogP contribution in [0.1, 0.15) is 48.4 Å². The minimum atomic E-state index is 0.674. The standard InChI is InChI=1S/C20H17N5OS.C12H9N5S/c1-26-14-5-3-13(4-6-14)12-25-16-9-17-20(15(16)11-23-25)24-19(27-17)10-18-21-7-2-8-22-18;1-2-13-10(14-3-1)5-11-16-12-7-6-15-17-8(7)4-9(12)18-11/h2-8,11H,9-10,12H2,1H3;1-3,6H,4-5H2,(H,15,17). The Morgan fingerprint density at radius 1 is 0.778 bits per heavy atom. The van der Waals surface area contributed by atoms with Crippen molar-refractivity contribution in [3.8, 4) is 28.3 Å². The summed E-state index contributed by atoms with van der Waals surface area (Å²) in [6, 6.07) is 11.8. The number of nitrogens with zero attached hydrogens (tertiary/aromatic N) is 9. The van der Waals surface area contributed by atoms with Crippen molar-refractivity contribution in [1.82, 2.24) is 49.9 Å². The monoisotopic (exact) mass is 630 g/mol. The van der Waals surface area contributed by atoms with Gasteiger partial charge in [0.25, 0.3) is 0 Å². The summed E-state index contributed by atoms with van der Waals surface area (Å²) < 4.78 is 7.30. The van der Waals surface area contributed by atoms with Gasteiger partial charge in [-0.1, -0.05) is 12.1 Å². The van der Waals surface area contributed by atoms with Crippen molar-refractivity contribution in [3.63, 3.8) is 0 Å². The second kappa shape index (κ2) is 11.7. The number of benzene rings is 1. The van der Waals surface area contributed by atoms with Crippen LogP contribution in [0.15, 0.2) is 73.6 Å². The Bertz CT molecular complexity index is 2080. The van der Waals surface area contributed by atoms with Gasteiger partial charge in [0, 0.05) is 64.2 Å². The molecule has 0 unspecified atom stereocenters. The van der Waals surface area contributed by atoms with Gasteiger partial charge >= 0.3 is 0 Å². The third-order valence-electron chi connectivity index (χ3n) is 7.67. The fourth-order valence-corrected chi connectivity index (χ4v) is 7.70. The van der Waals surface area contributed by atoms with Crippen LogP contribution >= 0.6 is 22.7 Å². The molecule has 11 nitrogen and oxygen atoms in total. The quantitative estimate of drug-likeness (QED) is 0.253. The largest absolute Gasteiger partial charge is 0.497 e. The summed E-state index contributed by atoms with van der Waals surface area (Å²) in [7, 11) is 1.68. The number of fused-ring (bicyclic) bond motifs is 6. The molecule has 0 amide bonds. The van der Waals surface area contributed by atoms with E-state index in [1.165, 1.54) is 26.7 Å². The first-order valence-electron chi connectivity index (χ1n) is 14.4. The highest BCUT2D eigenvalue weighted by Gasteiger charge is 2.28. The summed E-state index contributed by atoms with van der Waals surface area (Å²) in [5.74, 6) is 2.49. The minimum Gasteiger partial charge on any atom is -0.497 e. The molecule has 0 saturated heterocycles. The van der Waals surface area contributed by atoms with Crippen molar-refractivity contribution in [1.29, 1.82) is 0 Å². The zero-order valence-electron chi connectivity index (χ0n) is 24.2. The maximum Gasteiger partial charge on any atom is 0.134 e. The van der Waals surface area contributed by atoms with Crippen LogP contribution < -0.4 is 4.74 Å². The molecule has 45 heavy (non-hydrogen) atoms. The lowest BCUT2D eigenvalue weighted by Gasteiger charge is -2.07. The number of aromatic nitrogens is 10. The number of hydrogen-bond acceptors (Lipinski definition) is 11. The second-order valence-corrected chi connectivity index (χ2v) is 12.9. The molecule has 0 atom stereocenters. The first-order valence-corrected chi connectivity index (χ1v) is 16.0. The van der Waals surface area contributed by atoms with Gasteiger partial charge < -0.3 is 4.74 Å². The van der Waals surface area contributed by atoms with Gasteiger partial charge in [0.15, 0.2) is 0 Å². The van der Waals surface area contributed by atoms with Gasteiger partial charge in [-0.15, -0.1) is 22.7 Å². The van der Waals surface area contributed by atoms with Gasteiger partial charge in [-0.25, -0.2) is 29.9 Å². The lowest BCUT2D eigenvalue weighted by molar-refractivity contribution is 0.414. The van der Waals surface area contributed by atoms with Gasteiger partial charge in [-0.05, 0) is 29.8 Å². The molecule has 0 aliphatic heterocycles. The van der Waals surface area contributed by atoms with E-state index in [1.54, 1.807) is 54.6 Å². The van der Waals surface area contributed by atoms with Crippen molar-refractivity contribution in [2.75, 3.05) is 7.11 Å². The summed E-state index contributed by atoms with van der Waals surface area (Å²) in [5.41, 5.74) is 8.05. The van der Waals surface area contributed by atoms with E-state index in [9.17, 15) is 0 Å². The number of thiazole rings is 2. The number of ether oxygens (including phenoxy) is 1. The van der Waals surface area contributed by atoms with Gasteiger partial charge in [0.2, 0.25) is 0 Å². The van der Waals surface area contributed by atoms with Crippen LogP contribution in [0.25, 0.3) is 22.5 Å². The van der Waals surface area contributed by atoms with E-state index in [0.29, 0.717) is 12.8 Å². The van der Waals surface area contributed by atoms with E-state index < -0.39 is 0 Å². The molecule has 2 aliphatic carbocycles. The van der Waals surface area contributed by atoms with E-state index in [1.807, 2.05) is 36.7 Å². The Labute approximate surface area is 266 Å². The fourth-order valence-electron chi connectivity index (χ4n) is 5.53. The molecule has 1 N–H and O–H groups in total. The zero-order valence-corrected chi connectivity index (χ0v) is 25.8. The average molecular weight is 631 g/mol. The van der Waals surface area contributed by atoms with Crippen LogP contribution in [0.3, 0.4) is 0 Å². The zero-order chi connectivity index (χ0) is 30.2. The lowest BCUT2D eigenvalue weighted by atomic mass is 10.2. The van der Waals surface area contributed by atoms with Gasteiger partial charge in [-0.2, -0.15) is 10.2 Å². The van der Waals surface area contributed by atoms with Crippen LogP contribution in [0.5, 0.6) is 5.75 Å². The molecule has 6 aromatic heterocycles. The Hall–Kier alpha value is -5.14. The summed E-state index contributed by atoms with van der Waals surface area (Å²) in [4.78, 5) is 29.2. The summed E-state index contributed by atoms with van der Waals surface area (Å²) in [6.45, 7) is 0.749. The molecule has 6 heterocycles. The molecular formula is C32H26N10OS2. The topological polar surface area (TPSA) is 133 Å². The highest BCUT2D eigenvalue weighted by molar-refractivity contribution is 7.12. The van der Waals surface area contributed by atoms with E-state index in [0.717, 1.165) is 69.3 Å². The van der Waals surface area contributed by atoms with Crippen LogP contribution in [0, 0.1) is 0 Å². The predicted octanol–water partition coefficient (Wildman–Crippen LogP) is 5.17. The normalized spacial score (nSPS) is 12.2. The fraction of sp³-hybridized carbons (Fsp3) is 0.188. The van der Waals surface area contributed by atoms with Crippen molar-refractivity contribution in [2.24, 2.45) is 0 Å². The third-order valence-corrected chi connectivity index (χ3v) is 9.79. The van der Waals surface area contributed by atoms with Crippen molar-refractivity contribution in [2.45, 2.75) is 32.2 Å². The summed E-state index contributed by atoms with van der Waals surface area (Å²) in [5, 5.41) is 13.8. The Morgan fingerprint density at radius 3 is 2.04 bits per heavy atom. The molecule has 0 fully saturated rings. The third kappa shape index (κ3) is 5.51. The molecule has 2 aliphatic rings. The molecule has 0 spiro atoms. The number of H-pyrrole nitrogens is 1. The first-order chi connectivity index (χ1) is 22.2. The van der Waals surface area contributed by atoms with Crippen LogP contribution in [0.4, 0.5) is 0 Å². The number of hydrogen-bond donors (Lipinski definition) is 1. The van der Waals surface area contributed by atoms with E-state index in [2.05, 4.69) is 57.0 Å². The highest BCUT2D eigenvalue weighted by Crippen LogP contribution is 2.40. The molecule has 0 bridgehead atoms.